The van der Waals surface area contributed by atoms with Crippen molar-refractivity contribution in [3.63, 3.8) is 0 Å². The van der Waals surface area contributed by atoms with Gasteiger partial charge in [-0.1, -0.05) is 267 Å². The van der Waals surface area contributed by atoms with E-state index in [0.29, 0.717) is 17.4 Å². The number of aliphatic hydroxyl groups excluding tert-OH is 1. The van der Waals surface area contributed by atoms with Gasteiger partial charge >= 0.3 is 7.82 Å². The van der Waals surface area contributed by atoms with Crippen LogP contribution in [0.3, 0.4) is 0 Å². The Kier molecular flexibility index (Phi) is 53.6. The maximum atomic E-state index is 13.0. The van der Waals surface area contributed by atoms with Gasteiger partial charge in [0.2, 0.25) is 5.91 Å². The van der Waals surface area contributed by atoms with E-state index in [9.17, 15) is 19.4 Å². The maximum Gasteiger partial charge on any atom is 0.472 e. The topological polar surface area (TPSA) is 105 Å². The molecule has 0 saturated heterocycles. The highest BCUT2D eigenvalue weighted by Crippen LogP contribution is 2.43. The second-order valence-corrected chi connectivity index (χ2v) is 23.9. The molecule has 0 aliphatic rings. The Hall–Kier alpha value is -1.80. The average molecular weight is 1050 g/mol. The number of likely N-dealkylation sites (N-methyl/N-ethyl adjacent to an activating group) is 1. The summed E-state index contributed by atoms with van der Waals surface area (Å²) < 4.78 is 23.7. The van der Waals surface area contributed by atoms with Crippen LogP contribution >= 0.6 is 7.82 Å². The van der Waals surface area contributed by atoms with Crippen LogP contribution in [0.2, 0.25) is 0 Å². The van der Waals surface area contributed by atoms with Crippen molar-refractivity contribution in [3.8, 4) is 0 Å². The Morgan fingerprint density at radius 2 is 0.795 bits per heavy atom. The van der Waals surface area contributed by atoms with E-state index < -0.39 is 20.0 Å². The zero-order valence-corrected chi connectivity index (χ0v) is 49.8. The molecule has 0 aliphatic heterocycles. The summed E-state index contributed by atoms with van der Waals surface area (Å²) in [6, 6.07) is -0.873. The van der Waals surface area contributed by atoms with E-state index in [2.05, 4.69) is 67.8 Å². The molecule has 3 unspecified atom stereocenters. The third kappa shape index (κ3) is 57.7. The average Bonchev–Trinajstić information content (AvgIpc) is 3.35. The molecular weight excluding hydrogens is 924 g/mol. The first-order valence-electron chi connectivity index (χ1n) is 31.2. The highest BCUT2D eigenvalue weighted by Gasteiger charge is 2.27. The van der Waals surface area contributed by atoms with Crippen LogP contribution in [0.15, 0.2) is 60.8 Å². The Morgan fingerprint density at radius 3 is 1.18 bits per heavy atom. The highest BCUT2D eigenvalue weighted by atomic mass is 31.2. The molecule has 1 amide bonds. The van der Waals surface area contributed by atoms with Crippen molar-refractivity contribution in [1.82, 2.24) is 5.32 Å². The van der Waals surface area contributed by atoms with Gasteiger partial charge in [0.1, 0.15) is 13.2 Å². The van der Waals surface area contributed by atoms with Crippen LogP contribution in [0.25, 0.3) is 0 Å². The number of carbonyl (C=O) groups excluding carboxylic acids is 1. The van der Waals surface area contributed by atoms with Crippen LogP contribution in [-0.2, 0) is 18.4 Å². The fraction of sp³-hybridized carbons (Fsp3) is 0.828. The third-order valence-electron chi connectivity index (χ3n) is 13.9. The molecule has 0 saturated carbocycles. The smallest absolute Gasteiger partial charge is 0.387 e. The lowest BCUT2D eigenvalue weighted by atomic mass is 10.0. The van der Waals surface area contributed by atoms with Gasteiger partial charge < -0.3 is 19.8 Å². The normalized spacial score (nSPS) is 14.2. The van der Waals surface area contributed by atoms with E-state index in [1.807, 2.05) is 27.2 Å². The van der Waals surface area contributed by atoms with Gasteiger partial charge in [0.05, 0.1) is 39.9 Å². The molecule has 0 heterocycles. The Bertz CT molecular complexity index is 1370. The standard InChI is InChI=1S/C64H121N2O6P/c1-6-8-10-12-14-16-18-20-22-24-26-28-30-31-32-33-34-35-36-38-40-42-44-46-48-50-52-54-56-58-64(68)65-62(61-72-73(69,70)71-60-59-66(3,4)5)63(67)57-55-53-51-49-47-45-43-41-39-37-29-27-25-23-21-19-17-15-13-11-9-7-2/h26,28,31-32,39,41,47,49,55,57,62-63,67H,6-25,27,29-30,33-38,40,42-46,48,50-54,56,58-61H2,1-5H3,(H-,65,68,69,70)/p+1/b28-26-,32-31-,41-39+,49-47+,57-55+. The van der Waals surface area contributed by atoms with E-state index in [-0.39, 0.29) is 19.1 Å². The maximum absolute atomic E-state index is 13.0. The zero-order chi connectivity index (χ0) is 53.5. The number of aliphatic hydroxyl groups is 1. The van der Waals surface area contributed by atoms with Crippen molar-refractivity contribution >= 4 is 13.7 Å². The van der Waals surface area contributed by atoms with E-state index >= 15 is 0 Å². The molecule has 0 aliphatic carbocycles. The second-order valence-electron chi connectivity index (χ2n) is 22.4. The minimum absolute atomic E-state index is 0.0523. The van der Waals surface area contributed by atoms with Gasteiger partial charge in [-0.25, -0.2) is 4.57 Å². The zero-order valence-electron chi connectivity index (χ0n) is 48.9. The SMILES string of the molecule is CCCCCCCCCCC/C=C\C/C=C\CCCCCCCCCCCCCCCC(=O)NC(COP(=O)(O)OCC[N+](C)(C)C)C(O)/C=C/CC/C=C/CC/C=C/CCCCCCCCCCCCCC. The first kappa shape index (κ1) is 71.2. The van der Waals surface area contributed by atoms with Crippen molar-refractivity contribution < 1.29 is 32.9 Å². The van der Waals surface area contributed by atoms with Crippen LogP contribution in [0.5, 0.6) is 0 Å². The lowest BCUT2D eigenvalue weighted by molar-refractivity contribution is -0.870. The van der Waals surface area contributed by atoms with Crippen LogP contribution in [0, 0.1) is 0 Å². The largest absolute Gasteiger partial charge is 0.472 e. The number of phosphoric acid groups is 1. The number of nitrogens with zero attached hydrogens (tertiary/aromatic N) is 1. The van der Waals surface area contributed by atoms with Crippen molar-refractivity contribution in [2.75, 3.05) is 40.9 Å². The van der Waals surface area contributed by atoms with Crippen molar-refractivity contribution in [3.05, 3.63) is 60.8 Å². The Morgan fingerprint density at radius 1 is 0.466 bits per heavy atom. The van der Waals surface area contributed by atoms with Crippen LogP contribution < -0.4 is 5.32 Å². The van der Waals surface area contributed by atoms with E-state index in [4.69, 9.17) is 9.05 Å². The van der Waals surface area contributed by atoms with Gasteiger partial charge in [0.15, 0.2) is 0 Å². The summed E-state index contributed by atoms with van der Waals surface area (Å²) >= 11 is 0. The summed E-state index contributed by atoms with van der Waals surface area (Å²) in [6.07, 6.45) is 74.8. The number of carbonyl (C=O) groups is 1. The first-order chi connectivity index (χ1) is 35.5. The molecule has 8 nitrogen and oxygen atoms in total. The summed E-state index contributed by atoms with van der Waals surface area (Å²) in [5.41, 5.74) is 0. The van der Waals surface area contributed by atoms with Crippen LogP contribution in [0.4, 0.5) is 0 Å². The molecule has 9 heteroatoms. The number of amides is 1. The fourth-order valence-electron chi connectivity index (χ4n) is 9.05. The van der Waals surface area contributed by atoms with Gasteiger partial charge in [-0.2, -0.15) is 0 Å². The molecule has 3 N–H and O–H groups in total. The quantitative estimate of drug-likeness (QED) is 0.0243. The minimum atomic E-state index is -4.36. The lowest BCUT2D eigenvalue weighted by Gasteiger charge is -2.25. The highest BCUT2D eigenvalue weighted by molar-refractivity contribution is 7.47. The van der Waals surface area contributed by atoms with E-state index in [0.717, 1.165) is 51.4 Å². The molecule has 0 spiro atoms. The number of allylic oxidation sites excluding steroid dienone is 9. The number of hydrogen-bond donors (Lipinski definition) is 3. The molecule has 3 atom stereocenters. The Labute approximate surface area is 453 Å². The predicted molar refractivity (Wildman–Crippen MR) is 318 cm³/mol. The number of rotatable bonds is 57. The molecular formula is C64H122N2O6P+. The van der Waals surface area contributed by atoms with Gasteiger partial charge in [-0.15, -0.1) is 0 Å². The molecule has 0 fully saturated rings. The monoisotopic (exact) mass is 1050 g/mol. The van der Waals surface area contributed by atoms with Crippen LogP contribution in [-0.4, -0.2) is 73.4 Å². The van der Waals surface area contributed by atoms with Gasteiger partial charge in [-0.05, 0) is 77.0 Å². The fourth-order valence-corrected chi connectivity index (χ4v) is 9.78. The number of quaternary nitrogens is 1. The molecule has 0 radical (unpaired) electrons. The van der Waals surface area contributed by atoms with Gasteiger partial charge in [0, 0.05) is 6.42 Å². The summed E-state index contributed by atoms with van der Waals surface area (Å²) in [4.78, 5) is 23.3. The molecule has 0 aromatic heterocycles. The summed E-state index contributed by atoms with van der Waals surface area (Å²) in [6.45, 7) is 4.81. The number of hydrogen-bond acceptors (Lipinski definition) is 5. The van der Waals surface area contributed by atoms with Crippen molar-refractivity contribution in [2.24, 2.45) is 0 Å². The Balaban J connectivity index is 4.20. The molecule has 428 valence electrons. The molecule has 0 aromatic rings. The van der Waals surface area contributed by atoms with Crippen molar-refractivity contribution in [1.29, 1.82) is 0 Å². The van der Waals surface area contributed by atoms with Crippen molar-refractivity contribution in [2.45, 2.75) is 302 Å². The number of phosphoric ester groups is 1. The van der Waals surface area contributed by atoms with Gasteiger partial charge in [0.25, 0.3) is 0 Å². The molecule has 0 rings (SSSR count). The minimum Gasteiger partial charge on any atom is -0.387 e. The van der Waals surface area contributed by atoms with E-state index in [1.165, 1.54) is 218 Å². The third-order valence-corrected chi connectivity index (χ3v) is 14.9. The summed E-state index contributed by atoms with van der Waals surface area (Å²) in [5, 5.41) is 13.9. The molecule has 0 aromatic carbocycles. The predicted octanol–water partition coefficient (Wildman–Crippen LogP) is 19.3. The number of unbranched alkanes of at least 4 members (excludes halogenated alkanes) is 36. The van der Waals surface area contributed by atoms with Crippen LogP contribution in [0.1, 0.15) is 290 Å². The van der Waals surface area contributed by atoms with Gasteiger partial charge in [-0.3, -0.25) is 13.8 Å². The first-order valence-corrected chi connectivity index (χ1v) is 32.7. The molecule has 73 heavy (non-hydrogen) atoms. The van der Waals surface area contributed by atoms with E-state index in [1.54, 1.807) is 6.08 Å². The molecule has 0 bridgehead atoms. The number of nitrogens with one attached hydrogen (secondary N) is 1. The lowest BCUT2D eigenvalue weighted by Crippen LogP contribution is -2.45. The summed E-state index contributed by atoms with van der Waals surface area (Å²) in [5.74, 6) is -0.190. The summed E-state index contributed by atoms with van der Waals surface area (Å²) in [7, 11) is 1.55. The second kappa shape index (κ2) is 55.0.